The maximum atomic E-state index is 12.4. The van der Waals surface area contributed by atoms with E-state index in [1.807, 2.05) is 24.3 Å². The van der Waals surface area contributed by atoms with Gasteiger partial charge < -0.3 is 10.1 Å². The Kier molecular flexibility index (Phi) is 7.53. The standard InChI is InChI=1S/C23H15BrCl2N2O2/c24-20-11-16(10-17(13-27)23(29)28-19-4-2-1-3-5-19)12-21(26)22(20)30-14-15-6-8-18(25)9-7-15/h1-12H,14H2,(H,28,29)/b17-10-. The van der Waals surface area contributed by atoms with Crippen molar-refractivity contribution in [1.29, 1.82) is 5.26 Å². The van der Waals surface area contributed by atoms with E-state index >= 15 is 0 Å². The number of anilines is 1. The highest BCUT2D eigenvalue weighted by molar-refractivity contribution is 9.10. The van der Waals surface area contributed by atoms with E-state index in [-0.39, 0.29) is 5.57 Å². The molecule has 0 aliphatic heterocycles. The largest absolute Gasteiger partial charge is 0.486 e. The molecule has 3 aromatic carbocycles. The molecule has 0 aliphatic carbocycles. The zero-order chi connectivity index (χ0) is 21.5. The van der Waals surface area contributed by atoms with Crippen molar-refractivity contribution in [1.82, 2.24) is 0 Å². The molecule has 0 unspecified atom stereocenters. The fraction of sp³-hybridized carbons (Fsp3) is 0.0435. The molecule has 4 nitrogen and oxygen atoms in total. The Hall–Kier alpha value is -2.78. The number of hydrogen-bond donors (Lipinski definition) is 1. The number of carbonyl (C=O) groups is 1. The van der Waals surface area contributed by atoms with Gasteiger partial charge in [0.2, 0.25) is 0 Å². The Labute approximate surface area is 192 Å². The van der Waals surface area contributed by atoms with Gasteiger partial charge in [-0.05, 0) is 69.5 Å². The SMILES string of the molecule is N#C/C(=C/c1cc(Cl)c(OCc2ccc(Cl)cc2)c(Br)c1)C(=O)Nc1ccccc1. The lowest BCUT2D eigenvalue weighted by atomic mass is 10.1. The molecule has 0 saturated carbocycles. The van der Waals surface area contributed by atoms with Gasteiger partial charge in [0.05, 0.1) is 9.50 Å². The maximum Gasteiger partial charge on any atom is 0.266 e. The van der Waals surface area contributed by atoms with Gasteiger partial charge in [-0.15, -0.1) is 0 Å². The van der Waals surface area contributed by atoms with Gasteiger partial charge in [-0.1, -0.05) is 53.5 Å². The number of hydrogen-bond acceptors (Lipinski definition) is 3. The summed E-state index contributed by atoms with van der Waals surface area (Å²) in [5.74, 6) is -0.0324. The number of benzene rings is 3. The molecule has 0 radical (unpaired) electrons. The average Bonchev–Trinajstić information content (AvgIpc) is 2.73. The van der Waals surface area contributed by atoms with E-state index in [1.165, 1.54) is 6.08 Å². The number of nitrogens with one attached hydrogen (secondary N) is 1. The molecule has 0 aromatic heterocycles. The van der Waals surface area contributed by atoms with E-state index in [9.17, 15) is 10.1 Å². The van der Waals surface area contributed by atoms with Crippen LogP contribution in [0.15, 0.2) is 76.8 Å². The van der Waals surface area contributed by atoms with Crippen LogP contribution < -0.4 is 10.1 Å². The van der Waals surface area contributed by atoms with Crippen molar-refractivity contribution in [2.45, 2.75) is 6.61 Å². The van der Waals surface area contributed by atoms with Crippen molar-refractivity contribution >= 4 is 56.8 Å². The lowest BCUT2D eigenvalue weighted by Gasteiger charge is -2.11. The molecule has 150 valence electrons. The molecule has 0 aliphatic rings. The zero-order valence-electron chi connectivity index (χ0n) is 15.5. The molecule has 0 heterocycles. The fourth-order valence-corrected chi connectivity index (χ4v) is 3.69. The zero-order valence-corrected chi connectivity index (χ0v) is 18.6. The van der Waals surface area contributed by atoms with Gasteiger partial charge in [0.15, 0.2) is 5.75 Å². The predicted molar refractivity (Wildman–Crippen MR) is 124 cm³/mol. The first-order valence-corrected chi connectivity index (χ1v) is 10.4. The summed E-state index contributed by atoms with van der Waals surface area (Å²) in [4.78, 5) is 12.4. The number of nitriles is 1. The van der Waals surface area contributed by atoms with Crippen LogP contribution in [0, 0.1) is 11.3 Å². The number of carbonyl (C=O) groups excluding carboxylic acids is 1. The van der Waals surface area contributed by atoms with Crippen molar-refractivity contribution in [3.05, 3.63) is 97.9 Å². The minimum atomic E-state index is -0.501. The molecule has 0 saturated heterocycles. The Morgan fingerprint density at radius 3 is 2.43 bits per heavy atom. The lowest BCUT2D eigenvalue weighted by Crippen LogP contribution is -2.13. The summed E-state index contributed by atoms with van der Waals surface area (Å²) in [6, 6.07) is 21.5. The van der Waals surface area contributed by atoms with Crippen LogP contribution in [0.5, 0.6) is 5.75 Å². The molecule has 1 amide bonds. The highest BCUT2D eigenvalue weighted by atomic mass is 79.9. The van der Waals surface area contributed by atoms with Gasteiger partial charge in [-0.2, -0.15) is 5.26 Å². The van der Waals surface area contributed by atoms with Crippen LogP contribution in [0.4, 0.5) is 5.69 Å². The normalized spacial score (nSPS) is 10.9. The van der Waals surface area contributed by atoms with Crippen LogP contribution in [0.2, 0.25) is 10.0 Å². The number of ether oxygens (including phenoxy) is 1. The van der Waals surface area contributed by atoms with Crippen LogP contribution in [-0.4, -0.2) is 5.91 Å². The van der Waals surface area contributed by atoms with E-state index in [2.05, 4.69) is 21.2 Å². The van der Waals surface area contributed by atoms with Crippen molar-refractivity contribution in [3.63, 3.8) is 0 Å². The van der Waals surface area contributed by atoms with Gasteiger partial charge >= 0.3 is 0 Å². The summed E-state index contributed by atoms with van der Waals surface area (Å²) in [6.45, 7) is 0.313. The van der Waals surface area contributed by atoms with E-state index in [0.29, 0.717) is 38.1 Å². The van der Waals surface area contributed by atoms with Crippen LogP contribution in [0.25, 0.3) is 6.08 Å². The van der Waals surface area contributed by atoms with Crippen molar-refractivity contribution < 1.29 is 9.53 Å². The van der Waals surface area contributed by atoms with E-state index < -0.39 is 5.91 Å². The summed E-state index contributed by atoms with van der Waals surface area (Å²) in [6.07, 6.45) is 1.47. The maximum absolute atomic E-state index is 12.4. The molecule has 30 heavy (non-hydrogen) atoms. The number of halogens is 3. The summed E-state index contributed by atoms with van der Waals surface area (Å²) in [5, 5.41) is 13.1. The number of para-hydroxylation sites is 1. The second kappa shape index (κ2) is 10.3. The molecule has 0 bridgehead atoms. The molecule has 3 rings (SSSR count). The van der Waals surface area contributed by atoms with E-state index in [1.54, 1.807) is 48.5 Å². The van der Waals surface area contributed by atoms with E-state index in [4.69, 9.17) is 27.9 Å². The molecule has 0 atom stereocenters. The average molecular weight is 502 g/mol. The van der Waals surface area contributed by atoms with Crippen LogP contribution in [0.3, 0.4) is 0 Å². The first-order chi connectivity index (χ1) is 14.5. The highest BCUT2D eigenvalue weighted by Gasteiger charge is 2.13. The van der Waals surface area contributed by atoms with Crippen molar-refractivity contribution in [2.75, 3.05) is 5.32 Å². The molecule has 3 aromatic rings. The predicted octanol–water partition coefficient (Wildman–Crippen LogP) is 6.88. The molecule has 7 heteroatoms. The van der Waals surface area contributed by atoms with Gasteiger partial charge in [0.25, 0.3) is 5.91 Å². The van der Waals surface area contributed by atoms with Gasteiger partial charge in [-0.25, -0.2) is 0 Å². The molecule has 0 fully saturated rings. The van der Waals surface area contributed by atoms with Crippen LogP contribution in [-0.2, 0) is 11.4 Å². The molecular formula is C23H15BrCl2N2O2. The quantitative estimate of drug-likeness (QED) is 0.295. The monoisotopic (exact) mass is 500 g/mol. The first kappa shape index (κ1) is 21.9. The van der Waals surface area contributed by atoms with E-state index in [0.717, 1.165) is 5.56 Å². The fourth-order valence-electron chi connectivity index (χ4n) is 2.57. The molecule has 0 spiro atoms. The smallest absolute Gasteiger partial charge is 0.266 e. The van der Waals surface area contributed by atoms with Gasteiger partial charge in [0.1, 0.15) is 18.2 Å². The van der Waals surface area contributed by atoms with Crippen molar-refractivity contribution in [3.8, 4) is 11.8 Å². The minimum absolute atomic E-state index is 0.0448. The van der Waals surface area contributed by atoms with Gasteiger partial charge in [0, 0.05) is 10.7 Å². The summed E-state index contributed by atoms with van der Waals surface area (Å²) in [7, 11) is 0. The summed E-state index contributed by atoms with van der Waals surface area (Å²) in [5.41, 5.74) is 2.09. The third kappa shape index (κ3) is 5.87. The van der Waals surface area contributed by atoms with Crippen molar-refractivity contribution in [2.24, 2.45) is 0 Å². The Balaban J connectivity index is 1.76. The second-order valence-electron chi connectivity index (χ2n) is 6.22. The third-order valence-corrected chi connectivity index (χ3v) is 5.15. The van der Waals surface area contributed by atoms with Crippen LogP contribution >= 0.6 is 39.1 Å². The Morgan fingerprint density at radius 2 is 1.80 bits per heavy atom. The summed E-state index contributed by atoms with van der Waals surface area (Å²) >= 11 is 15.7. The van der Waals surface area contributed by atoms with Crippen LogP contribution in [0.1, 0.15) is 11.1 Å². The summed E-state index contributed by atoms with van der Waals surface area (Å²) < 4.78 is 6.43. The Morgan fingerprint density at radius 1 is 1.10 bits per heavy atom. The molecular weight excluding hydrogens is 487 g/mol. The topological polar surface area (TPSA) is 62.1 Å². The third-order valence-electron chi connectivity index (χ3n) is 4.02. The number of rotatable bonds is 6. The molecule has 1 N–H and O–H groups in total. The first-order valence-electron chi connectivity index (χ1n) is 8.81. The highest BCUT2D eigenvalue weighted by Crippen LogP contribution is 2.35. The minimum Gasteiger partial charge on any atom is -0.486 e. The second-order valence-corrected chi connectivity index (χ2v) is 7.92. The lowest BCUT2D eigenvalue weighted by molar-refractivity contribution is -0.112. The number of amides is 1. The number of nitrogens with zero attached hydrogens (tertiary/aromatic N) is 1. The van der Waals surface area contributed by atoms with Gasteiger partial charge in [-0.3, -0.25) is 4.79 Å². The Bertz CT molecular complexity index is 1100.